The summed E-state index contributed by atoms with van der Waals surface area (Å²) < 4.78 is 5.50. The van der Waals surface area contributed by atoms with Crippen LogP contribution in [0.1, 0.15) is 12.0 Å². The van der Waals surface area contributed by atoms with Gasteiger partial charge in [-0.1, -0.05) is 30.3 Å². The minimum absolute atomic E-state index is 0.644. The highest BCUT2D eigenvalue weighted by Crippen LogP contribution is 2.17. The molecule has 0 radical (unpaired) electrons. The molecule has 4 rings (SSSR count). The Morgan fingerprint density at radius 1 is 1.00 bits per heavy atom. The number of ether oxygens (including phenoxy) is 1. The molecule has 0 saturated carbocycles. The molecule has 1 N–H and O–H groups in total. The average Bonchev–Trinajstić information content (AvgIpc) is 3.29. The second-order valence-electron chi connectivity index (χ2n) is 8.61. The summed E-state index contributed by atoms with van der Waals surface area (Å²) in [6, 6.07) is 11.5. The molecular weight excluding hydrogens is 376 g/mol. The average molecular weight is 415 g/mol. The zero-order valence-electron chi connectivity index (χ0n) is 18.5. The third-order valence-corrected chi connectivity index (χ3v) is 6.66. The third kappa shape index (κ3) is 5.94. The van der Waals surface area contributed by atoms with E-state index in [1.165, 1.54) is 12.0 Å². The number of guanidine groups is 1. The Morgan fingerprint density at radius 2 is 1.73 bits per heavy atom. The number of likely N-dealkylation sites (tertiary alicyclic amines) is 1. The predicted molar refractivity (Wildman–Crippen MR) is 122 cm³/mol. The van der Waals surface area contributed by atoms with Gasteiger partial charge in [-0.2, -0.15) is 0 Å². The van der Waals surface area contributed by atoms with Gasteiger partial charge >= 0.3 is 0 Å². The van der Waals surface area contributed by atoms with Gasteiger partial charge in [-0.25, -0.2) is 0 Å². The quantitative estimate of drug-likeness (QED) is 0.549. The molecule has 0 aromatic heterocycles. The molecule has 0 bridgehead atoms. The van der Waals surface area contributed by atoms with Gasteiger partial charge in [0.1, 0.15) is 0 Å². The van der Waals surface area contributed by atoms with Gasteiger partial charge in [0.05, 0.1) is 13.2 Å². The summed E-state index contributed by atoms with van der Waals surface area (Å²) in [7, 11) is 1.91. The van der Waals surface area contributed by atoms with Gasteiger partial charge in [0.2, 0.25) is 0 Å². The molecule has 1 aromatic rings. The number of nitrogens with zero attached hydrogens (tertiary/aromatic N) is 5. The fourth-order valence-corrected chi connectivity index (χ4v) is 4.85. The van der Waals surface area contributed by atoms with E-state index in [4.69, 9.17) is 4.74 Å². The molecule has 1 unspecified atom stereocenters. The molecule has 7 heteroatoms. The highest BCUT2D eigenvalue weighted by molar-refractivity contribution is 5.80. The first-order valence-corrected chi connectivity index (χ1v) is 11.6. The topological polar surface area (TPSA) is 46.6 Å². The van der Waals surface area contributed by atoms with Crippen molar-refractivity contribution in [1.29, 1.82) is 0 Å². The lowest BCUT2D eigenvalue weighted by atomic mass is 10.2. The molecule has 7 nitrogen and oxygen atoms in total. The zero-order valence-corrected chi connectivity index (χ0v) is 18.5. The fraction of sp³-hybridized carbons (Fsp3) is 0.696. The summed E-state index contributed by atoms with van der Waals surface area (Å²) in [5.41, 5.74) is 1.41. The van der Waals surface area contributed by atoms with E-state index < -0.39 is 0 Å². The van der Waals surface area contributed by atoms with E-state index in [9.17, 15) is 0 Å². The standard InChI is InChI=1S/C23H38N6O/c1-24-23(29-9-7-22(20-29)28-15-17-30-18-16-28)25-8-10-26-11-13-27(14-12-26)19-21-5-3-2-4-6-21/h2-6,22H,7-20H2,1H3,(H,24,25). The smallest absolute Gasteiger partial charge is 0.193 e. The number of hydrogen-bond acceptors (Lipinski definition) is 5. The van der Waals surface area contributed by atoms with Crippen LogP contribution >= 0.6 is 0 Å². The van der Waals surface area contributed by atoms with Crippen molar-refractivity contribution in [3.05, 3.63) is 35.9 Å². The van der Waals surface area contributed by atoms with Crippen molar-refractivity contribution in [2.24, 2.45) is 4.99 Å². The lowest BCUT2D eigenvalue weighted by Gasteiger charge is -2.35. The first kappa shape index (κ1) is 21.6. The molecule has 0 aliphatic carbocycles. The monoisotopic (exact) mass is 414 g/mol. The normalized spacial score (nSPS) is 25.0. The van der Waals surface area contributed by atoms with Crippen LogP contribution in [0.3, 0.4) is 0 Å². The van der Waals surface area contributed by atoms with E-state index in [2.05, 4.69) is 60.2 Å². The second-order valence-corrected chi connectivity index (χ2v) is 8.61. The van der Waals surface area contributed by atoms with Gasteiger partial charge in [-0.15, -0.1) is 0 Å². The Bertz CT molecular complexity index is 655. The molecule has 3 aliphatic heterocycles. The summed E-state index contributed by atoms with van der Waals surface area (Å²) in [5, 5.41) is 3.61. The minimum atomic E-state index is 0.644. The molecule has 1 aromatic carbocycles. The van der Waals surface area contributed by atoms with Gasteiger partial charge in [0.25, 0.3) is 0 Å². The van der Waals surface area contributed by atoms with Crippen LogP contribution in [0.15, 0.2) is 35.3 Å². The second kappa shape index (κ2) is 11.1. The zero-order chi connectivity index (χ0) is 20.6. The highest BCUT2D eigenvalue weighted by atomic mass is 16.5. The van der Waals surface area contributed by atoms with Crippen LogP contribution in [-0.4, -0.2) is 117 Å². The van der Waals surface area contributed by atoms with E-state index >= 15 is 0 Å². The van der Waals surface area contributed by atoms with E-state index in [1.54, 1.807) is 0 Å². The van der Waals surface area contributed by atoms with Crippen molar-refractivity contribution in [3.63, 3.8) is 0 Å². The Hall–Kier alpha value is -1.67. The van der Waals surface area contributed by atoms with Crippen molar-refractivity contribution >= 4 is 5.96 Å². The van der Waals surface area contributed by atoms with Crippen molar-refractivity contribution in [3.8, 4) is 0 Å². The van der Waals surface area contributed by atoms with Crippen LogP contribution in [-0.2, 0) is 11.3 Å². The van der Waals surface area contributed by atoms with Crippen LogP contribution in [0.2, 0.25) is 0 Å². The molecule has 0 spiro atoms. The molecule has 1 atom stereocenters. The van der Waals surface area contributed by atoms with Crippen molar-refractivity contribution in [2.75, 3.05) is 85.7 Å². The molecule has 30 heavy (non-hydrogen) atoms. The van der Waals surface area contributed by atoms with Gasteiger partial charge in [-0.05, 0) is 12.0 Å². The number of piperazine rings is 1. The minimum Gasteiger partial charge on any atom is -0.379 e. The lowest BCUT2D eigenvalue weighted by molar-refractivity contribution is 0.0195. The Kier molecular flexibility index (Phi) is 7.97. The summed E-state index contributed by atoms with van der Waals surface area (Å²) in [6.07, 6.45) is 1.23. The molecule has 0 amide bonds. The van der Waals surface area contributed by atoms with Crippen LogP contribution in [0, 0.1) is 0 Å². The number of morpholine rings is 1. The lowest BCUT2D eigenvalue weighted by Crippen LogP contribution is -2.50. The van der Waals surface area contributed by atoms with E-state index in [0.717, 1.165) is 91.2 Å². The van der Waals surface area contributed by atoms with Gasteiger partial charge in [-0.3, -0.25) is 19.7 Å². The number of rotatable bonds is 6. The summed E-state index contributed by atoms with van der Waals surface area (Å²) in [6.45, 7) is 13.8. The predicted octanol–water partition coefficient (Wildman–Crippen LogP) is 0.786. The molecule has 3 heterocycles. The Labute approximate surface area is 181 Å². The Morgan fingerprint density at radius 3 is 2.47 bits per heavy atom. The maximum atomic E-state index is 5.50. The first-order chi connectivity index (χ1) is 14.8. The van der Waals surface area contributed by atoms with Crippen LogP contribution in [0.4, 0.5) is 0 Å². The maximum absolute atomic E-state index is 5.50. The summed E-state index contributed by atoms with van der Waals surface area (Å²) in [4.78, 5) is 14.7. The molecule has 3 aliphatic rings. The van der Waals surface area contributed by atoms with Crippen molar-refractivity contribution in [1.82, 2.24) is 24.9 Å². The van der Waals surface area contributed by atoms with Crippen molar-refractivity contribution < 1.29 is 4.74 Å². The van der Waals surface area contributed by atoms with Crippen LogP contribution < -0.4 is 5.32 Å². The fourth-order valence-electron chi connectivity index (χ4n) is 4.85. The molecular formula is C23H38N6O. The number of nitrogens with one attached hydrogen (secondary N) is 1. The van der Waals surface area contributed by atoms with E-state index in [1.807, 2.05) is 7.05 Å². The van der Waals surface area contributed by atoms with Crippen LogP contribution in [0.25, 0.3) is 0 Å². The van der Waals surface area contributed by atoms with Crippen molar-refractivity contribution in [2.45, 2.75) is 19.0 Å². The van der Waals surface area contributed by atoms with E-state index in [-0.39, 0.29) is 0 Å². The van der Waals surface area contributed by atoms with Crippen LogP contribution in [0.5, 0.6) is 0 Å². The van der Waals surface area contributed by atoms with Gasteiger partial charge in [0, 0.05) is 85.1 Å². The SMILES string of the molecule is CN=C(NCCN1CCN(Cc2ccccc2)CC1)N1CCC(N2CCOCC2)C1. The summed E-state index contributed by atoms with van der Waals surface area (Å²) in [5.74, 6) is 1.06. The number of hydrogen-bond donors (Lipinski definition) is 1. The summed E-state index contributed by atoms with van der Waals surface area (Å²) >= 11 is 0. The largest absolute Gasteiger partial charge is 0.379 e. The Balaban J connectivity index is 1.14. The van der Waals surface area contributed by atoms with Gasteiger partial charge < -0.3 is 15.0 Å². The maximum Gasteiger partial charge on any atom is 0.193 e. The van der Waals surface area contributed by atoms with Gasteiger partial charge in [0.15, 0.2) is 5.96 Å². The number of aliphatic imine (C=N–C) groups is 1. The molecule has 3 saturated heterocycles. The highest BCUT2D eigenvalue weighted by Gasteiger charge is 2.30. The molecule has 166 valence electrons. The number of benzene rings is 1. The first-order valence-electron chi connectivity index (χ1n) is 11.6. The molecule has 3 fully saturated rings. The van der Waals surface area contributed by atoms with E-state index in [0.29, 0.717) is 6.04 Å². The third-order valence-electron chi connectivity index (χ3n) is 6.66.